The summed E-state index contributed by atoms with van der Waals surface area (Å²) in [7, 11) is 1.67. The van der Waals surface area contributed by atoms with E-state index in [1.54, 1.807) is 35.0 Å². The molecule has 1 aliphatic rings. The number of carbonyl (C=O) groups is 1. The van der Waals surface area contributed by atoms with Gasteiger partial charge in [0.25, 0.3) is 5.92 Å². The SMILES string of the molecule is C=C(/C=C\C=C/C)[C@@H](CN1CCC(F)(F)C1)N(C)C(=O)Cc1ccc(Cl)c(Cl)c1. The molecule has 0 spiro atoms. The molecular formula is C22H26Cl2F2N2O. The minimum absolute atomic E-state index is 0.131. The van der Waals surface area contributed by atoms with E-state index in [2.05, 4.69) is 6.58 Å². The van der Waals surface area contributed by atoms with Crippen LogP contribution in [0.15, 0.2) is 54.7 Å². The Morgan fingerprint density at radius 3 is 2.66 bits per heavy atom. The Morgan fingerprint density at radius 1 is 1.34 bits per heavy atom. The number of likely N-dealkylation sites (tertiary alicyclic amines) is 1. The second kappa shape index (κ2) is 10.4. The van der Waals surface area contributed by atoms with Crippen molar-refractivity contribution in [2.45, 2.75) is 31.7 Å². The van der Waals surface area contributed by atoms with Crippen LogP contribution in [0.25, 0.3) is 0 Å². The largest absolute Gasteiger partial charge is 0.337 e. The average Bonchev–Trinajstić information content (AvgIpc) is 3.00. The van der Waals surface area contributed by atoms with E-state index in [4.69, 9.17) is 23.2 Å². The van der Waals surface area contributed by atoms with Crippen LogP contribution in [0.3, 0.4) is 0 Å². The van der Waals surface area contributed by atoms with Gasteiger partial charge >= 0.3 is 0 Å². The zero-order valence-corrected chi connectivity index (χ0v) is 18.2. The summed E-state index contributed by atoms with van der Waals surface area (Å²) in [6, 6.07) is 4.64. The van der Waals surface area contributed by atoms with E-state index in [-0.39, 0.29) is 25.3 Å². The lowest BCUT2D eigenvalue weighted by molar-refractivity contribution is -0.130. The number of likely N-dealkylation sites (N-methyl/N-ethyl adjacent to an activating group) is 1. The predicted molar refractivity (Wildman–Crippen MR) is 116 cm³/mol. The zero-order chi connectivity index (χ0) is 21.6. The van der Waals surface area contributed by atoms with Gasteiger partial charge in [-0.25, -0.2) is 8.78 Å². The monoisotopic (exact) mass is 442 g/mol. The van der Waals surface area contributed by atoms with Crippen molar-refractivity contribution in [3.63, 3.8) is 0 Å². The molecule has 0 aromatic heterocycles. The number of carbonyl (C=O) groups excluding carboxylic acids is 1. The summed E-state index contributed by atoms with van der Waals surface area (Å²) in [5.74, 6) is -2.84. The van der Waals surface area contributed by atoms with Crippen molar-refractivity contribution < 1.29 is 13.6 Å². The number of hydrogen-bond acceptors (Lipinski definition) is 2. The highest BCUT2D eigenvalue weighted by molar-refractivity contribution is 6.42. The number of rotatable bonds is 8. The van der Waals surface area contributed by atoms with Gasteiger partial charge in [0.1, 0.15) is 0 Å². The number of nitrogens with zero attached hydrogens (tertiary/aromatic N) is 2. The number of allylic oxidation sites excluding steroid dienone is 3. The molecule has 29 heavy (non-hydrogen) atoms. The lowest BCUT2D eigenvalue weighted by atomic mass is 10.0. The van der Waals surface area contributed by atoms with E-state index in [0.717, 1.165) is 5.56 Å². The maximum Gasteiger partial charge on any atom is 0.261 e. The molecule has 158 valence electrons. The van der Waals surface area contributed by atoms with Crippen LogP contribution >= 0.6 is 23.2 Å². The van der Waals surface area contributed by atoms with Gasteiger partial charge in [0, 0.05) is 26.6 Å². The first-order chi connectivity index (χ1) is 13.6. The molecule has 3 nitrogen and oxygen atoms in total. The summed E-state index contributed by atoms with van der Waals surface area (Å²) in [5, 5.41) is 0.806. The van der Waals surface area contributed by atoms with Gasteiger partial charge in [0.15, 0.2) is 0 Å². The summed E-state index contributed by atoms with van der Waals surface area (Å²) in [4.78, 5) is 16.1. The third-order valence-electron chi connectivity index (χ3n) is 4.92. The van der Waals surface area contributed by atoms with E-state index in [9.17, 15) is 13.6 Å². The second-order valence-electron chi connectivity index (χ2n) is 7.25. The Kier molecular flexibility index (Phi) is 8.44. The van der Waals surface area contributed by atoms with Gasteiger partial charge in [-0.15, -0.1) is 0 Å². The van der Waals surface area contributed by atoms with Crippen molar-refractivity contribution in [3.05, 3.63) is 70.3 Å². The van der Waals surface area contributed by atoms with Crippen LogP contribution in [0.1, 0.15) is 18.9 Å². The summed E-state index contributed by atoms with van der Waals surface area (Å²) >= 11 is 12.0. The molecule has 0 radical (unpaired) electrons. The Morgan fingerprint density at radius 2 is 2.07 bits per heavy atom. The van der Waals surface area contributed by atoms with E-state index >= 15 is 0 Å². The van der Waals surface area contributed by atoms with Crippen LogP contribution in [-0.4, -0.2) is 54.4 Å². The normalized spacial score (nSPS) is 17.9. The highest BCUT2D eigenvalue weighted by Crippen LogP contribution is 2.28. The van der Waals surface area contributed by atoms with Crippen molar-refractivity contribution in [2.24, 2.45) is 0 Å². The van der Waals surface area contributed by atoms with Crippen molar-refractivity contribution in [3.8, 4) is 0 Å². The minimum Gasteiger partial charge on any atom is -0.337 e. The van der Waals surface area contributed by atoms with Gasteiger partial charge in [0.05, 0.1) is 29.1 Å². The highest BCUT2D eigenvalue weighted by atomic mass is 35.5. The maximum absolute atomic E-state index is 13.6. The van der Waals surface area contributed by atoms with Crippen molar-refractivity contribution in [1.29, 1.82) is 0 Å². The molecular weight excluding hydrogens is 417 g/mol. The number of alkyl halides is 2. The molecule has 0 unspecified atom stereocenters. The number of hydrogen-bond donors (Lipinski definition) is 0. The van der Waals surface area contributed by atoms with Crippen LogP contribution in [0.2, 0.25) is 10.0 Å². The fourth-order valence-electron chi connectivity index (χ4n) is 3.22. The topological polar surface area (TPSA) is 23.6 Å². The maximum atomic E-state index is 13.6. The number of benzene rings is 1. The summed E-state index contributed by atoms with van der Waals surface area (Å²) < 4.78 is 27.2. The number of halogens is 4. The first kappa shape index (κ1) is 23.6. The molecule has 1 amide bonds. The lowest BCUT2D eigenvalue weighted by Crippen LogP contribution is -2.46. The average molecular weight is 443 g/mol. The first-order valence-electron chi connectivity index (χ1n) is 9.41. The molecule has 2 rings (SSSR count). The Bertz CT molecular complexity index is 808. The molecule has 0 N–H and O–H groups in total. The van der Waals surface area contributed by atoms with Crippen molar-refractivity contribution >= 4 is 29.1 Å². The van der Waals surface area contributed by atoms with Gasteiger partial charge in [-0.2, -0.15) is 0 Å². The fourth-order valence-corrected chi connectivity index (χ4v) is 3.54. The van der Waals surface area contributed by atoms with E-state index < -0.39 is 12.0 Å². The van der Waals surface area contributed by atoms with Crippen LogP contribution in [0.4, 0.5) is 8.78 Å². The Labute approximate surface area is 181 Å². The van der Waals surface area contributed by atoms with E-state index in [1.165, 1.54) is 0 Å². The molecule has 0 saturated carbocycles. The fraction of sp³-hybridized carbons (Fsp3) is 0.409. The second-order valence-corrected chi connectivity index (χ2v) is 8.06. The summed E-state index contributed by atoms with van der Waals surface area (Å²) in [5.41, 5.74) is 1.42. The van der Waals surface area contributed by atoms with Crippen LogP contribution in [0.5, 0.6) is 0 Å². The third-order valence-corrected chi connectivity index (χ3v) is 5.66. The number of amides is 1. The minimum atomic E-state index is -2.69. The molecule has 1 heterocycles. The molecule has 1 fully saturated rings. The molecule has 1 aliphatic heterocycles. The molecule has 0 aliphatic carbocycles. The first-order valence-corrected chi connectivity index (χ1v) is 10.2. The molecule has 7 heteroatoms. The third kappa shape index (κ3) is 6.95. The van der Waals surface area contributed by atoms with Gasteiger partial charge in [-0.05, 0) is 30.2 Å². The van der Waals surface area contributed by atoms with Crippen LogP contribution in [0, 0.1) is 0 Å². The van der Waals surface area contributed by atoms with E-state index in [0.29, 0.717) is 28.7 Å². The smallest absolute Gasteiger partial charge is 0.261 e. The van der Waals surface area contributed by atoms with Gasteiger partial charge in [-0.3, -0.25) is 9.69 Å². The standard InChI is InChI=1S/C22H26Cl2F2N2O/c1-4-5-6-7-16(2)20(14-28-11-10-22(25,26)15-28)27(3)21(29)13-17-8-9-18(23)19(24)12-17/h4-9,12,20H,2,10-11,13-15H2,1,3H3/b5-4-,7-6-/t20-/m1/s1. The molecule has 1 atom stereocenters. The quantitative estimate of drug-likeness (QED) is 0.503. The summed E-state index contributed by atoms with van der Waals surface area (Å²) in [6.45, 7) is 6.27. The molecule has 1 aromatic rings. The van der Waals surface area contributed by atoms with Gasteiger partial charge in [-0.1, -0.05) is 60.2 Å². The summed E-state index contributed by atoms with van der Waals surface area (Å²) in [6.07, 6.45) is 7.32. The van der Waals surface area contributed by atoms with Gasteiger partial charge < -0.3 is 4.90 Å². The Balaban J connectivity index is 2.15. The zero-order valence-electron chi connectivity index (χ0n) is 16.7. The van der Waals surface area contributed by atoms with Crippen LogP contribution < -0.4 is 0 Å². The lowest BCUT2D eigenvalue weighted by Gasteiger charge is -2.32. The molecule has 0 bridgehead atoms. The van der Waals surface area contributed by atoms with Gasteiger partial charge in [0.2, 0.25) is 5.91 Å². The van der Waals surface area contributed by atoms with Crippen LogP contribution in [-0.2, 0) is 11.2 Å². The van der Waals surface area contributed by atoms with Crippen molar-refractivity contribution in [1.82, 2.24) is 9.80 Å². The van der Waals surface area contributed by atoms with E-state index in [1.807, 2.05) is 31.2 Å². The molecule has 1 saturated heterocycles. The Hall–Kier alpha value is -1.69. The highest BCUT2D eigenvalue weighted by Gasteiger charge is 2.39. The van der Waals surface area contributed by atoms with Crippen molar-refractivity contribution in [2.75, 3.05) is 26.7 Å². The molecule has 1 aromatic carbocycles. The predicted octanol–water partition coefficient (Wildman–Crippen LogP) is 5.39.